The summed E-state index contributed by atoms with van der Waals surface area (Å²) in [6, 6.07) is 4.73. The van der Waals surface area contributed by atoms with Gasteiger partial charge in [-0.1, -0.05) is 17.7 Å². The number of rotatable bonds is 3. The molecule has 84 valence electrons. The molecule has 1 aromatic heterocycles. The summed E-state index contributed by atoms with van der Waals surface area (Å²) in [6.45, 7) is 1.95. The summed E-state index contributed by atoms with van der Waals surface area (Å²) in [5.41, 5.74) is 0.309. The molecule has 1 N–H and O–H groups in total. The average Bonchev–Trinajstić information content (AvgIpc) is 2.67. The Bertz CT molecular complexity index is 501. The normalized spacial score (nSPS) is 10.4. The van der Waals surface area contributed by atoms with Gasteiger partial charge in [0.15, 0.2) is 5.82 Å². The number of nitrogens with zero attached hydrogens (tertiary/aromatic N) is 2. The summed E-state index contributed by atoms with van der Waals surface area (Å²) in [4.78, 5) is 0. The molecule has 0 saturated heterocycles. The maximum atomic E-state index is 13.4. The number of hydrogen-bond donors (Lipinski definition) is 1. The van der Waals surface area contributed by atoms with Crippen LogP contribution in [0.1, 0.15) is 11.8 Å². The topological polar surface area (TPSA) is 51.0 Å². The van der Waals surface area contributed by atoms with Crippen LogP contribution in [0, 0.1) is 12.7 Å². The minimum absolute atomic E-state index is 0.0757. The maximum Gasteiger partial charge on any atom is 0.235 e. The summed E-state index contributed by atoms with van der Waals surface area (Å²) in [6.07, 6.45) is 0. The highest BCUT2D eigenvalue weighted by atomic mass is 35.5. The van der Waals surface area contributed by atoms with Gasteiger partial charge in [-0.05, 0) is 12.1 Å². The first kappa shape index (κ1) is 10.9. The van der Waals surface area contributed by atoms with E-state index in [0.29, 0.717) is 17.5 Å². The Morgan fingerprint density at radius 2 is 2.25 bits per heavy atom. The molecule has 16 heavy (non-hydrogen) atoms. The Labute approximate surface area is 96.4 Å². The fraction of sp³-hybridized carbons (Fsp3) is 0.200. The first-order valence-corrected chi connectivity index (χ1v) is 5.01. The zero-order chi connectivity index (χ0) is 11.5. The first-order chi connectivity index (χ1) is 7.66. The first-order valence-electron chi connectivity index (χ1n) is 4.63. The van der Waals surface area contributed by atoms with Crippen LogP contribution in [0.3, 0.4) is 0 Å². The second-order valence-electron chi connectivity index (χ2n) is 3.17. The van der Waals surface area contributed by atoms with Gasteiger partial charge >= 0.3 is 0 Å². The number of aryl methyl sites for hydroxylation is 1. The highest BCUT2D eigenvalue weighted by molar-refractivity contribution is 6.31. The van der Waals surface area contributed by atoms with Crippen LogP contribution in [0.15, 0.2) is 22.6 Å². The lowest BCUT2D eigenvalue weighted by Crippen LogP contribution is -2.01. The third-order valence-corrected chi connectivity index (χ3v) is 2.24. The average molecular weight is 242 g/mol. The predicted molar refractivity (Wildman–Crippen MR) is 57.8 cm³/mol. The predicted octanol–water partition coefficient (Wildman–Crippen LogP) is 2.78. The third kappa shape index (κ3) is 2.30. The third-order valence-electron chi connectivity index (χ3n) is 1.95. The van der Waals surface area contributed by atoms with Gasteiger partial charge in [-0.3, -0.25) is 0 Å². The molecular formula is C10H9ClFN3O. The molecule has 0 amide bonds. The molecule has 2 rings (SSSR count). The van der Waals surface area contributed by atoms with Crippen LogP contribution in [0.2, 0.25) is 5.02 Å². The van der Waals surface area contributed by atoms with Gasteiger partial charge in [0.2, 0.25) is 11.8 Å². The van der Waals surface area contributed by atoms with Crippen molar-refractivity contribution in [2.24, 2.45) is 0 Å². The molecule has 6 heteroatoms. The summed E-state index contributed by atoms with van der Waals surface area (Å²) in [5, 5.41) is 10.3. The smallest absolute Gasteiger partial charge is 0.235 e. The molecule has 1 heterocycles. The molecule has 0 unspecified atom stereocenters. The van der Waals surface area contributed by atoms with Gasteiger partial charge in [-0.2, -0.15) is 0 Å². The van der Waals surface area contributed by atoms with Crippen LogP contribution < -0.4 is 5.32 Å². The van der Waals surface area contributed by atoms with Crippen LogP contribution in [-0.4, -0.2) is 10.2 Å². The lowest BCUT2D eigenvalue weighted by Gasteiger charge is -2.05. The monoisotopic (exact) mass is 241 g/mol. The van der Waals surface area contributed by atoms with Crippen molar-refractivity contribution in [1.82, 2.24) is 10.2 Å². The molecular weight excluding hydrogens is 233 g/mol. The molecule has 1 aromatic carbocycles. The van der Waals surface area contributed by atoms with E-state index < -0.39 is 5.82 Å². The van der Waals surface area contributed by atoms with Gasteiger partial charge in [0.1, 0.15) is 0 Å². The molecule has 2 aromatic rings. The van der Waals surface area contributed by atoms with Crippen molar-refractivity contribution in [2.45, 2.75) is 13.5 Å². The quantitative estimate of drug-likeness (QED) is 0.898. The molecule has 4 nitrogen and oxygen atoms in total. The lowest BCUT2D eigenvalue weighted by atomic mass is 10.3. The largest absolute Gasteiger partial charge is 0.424 e. The highest BCUT2D eigenvalue weighted by Gasteiger charge is 2.07. The van der Waals surface area contributed by atoms with E-state index >= 15 is 0 Å². The maximum absolute atomic E-state index is 13.4. The van der Waals surface area contributed by atoms with Crippen LogP contribution in [-0.2, 0) is 6.54 Å². The number of aromatic nitrogens is 2. The lowest BCUT2D eigenvalue weighted by molar-refractivity contribution is 0.474. The molecule has 0 spiro atoms. The van der Waals surface area contributed by atoms with Gasteiger partial charge in [-0.15, -0.1) is 10.2 Å². The molecule has 0 atom stereocenters. The van der Waals surface area contributed by atoms with Crippen molar-refractivity contribution in [3.8, 4) is 0 Å². The fourth-order valence-electron chi connectivity index (χ4n) is 1.22. The second kappa shape index (κ2) is 4.49. The number of benzene rings is 1. The van der Waals surface area contributed by atoms with E-state index in [2.05, 4.69) is 15.5 Å². The number of anilines is 1. The minimum atomic E-state index is -0.486. The van der Waals surface area contributed by atoms with Crippen molar-refractivity contribution < 1.29 is 8.81 Å². The molecule has 0 fully saturated rings. The molecule has 0 bridgehead atoms. The van der Waals surface area contributed by atoms with Gasteiger partial charge in [0.05, 0.1) is 17.3 Å². The standard InChI is InChI=1S/C10H9ClFN3O/c1-6-14-15-9(16-6)5-13-8-4-2-3-7(11)10(8)12/h2-4,13H,5H2,1H3. The van der Waals surface area contributed by atoms with Crippen molar-refractivity contribution in [1.29, 1.82) is 0 Å². The van der Waals surface area contributed by atoms with Crippen LogP contribution in [0.5, 0.6) is 0 Å². The zero-order valence-corrected chi connectivity index (χ0v) is 9.25. The van der Waals surface area contributed by atoms with E-state index in [1.807, 2.05) is 0 Å². The molecule has 0 aliphatic rings. The van der Waals surface area contributed by atoms with E-state index in [4.69, 9.17) is 16.0 Å². The Morgan fingerprint density at radius 3 is 2.94 bits per heavy atom. The zero-order valence-electron chi connectivity index (χ0n) is 8.50. The van der Waals surface area contributed by atoms with Gasteiger partial charge in [0, 0.05) is 6.92 Å². The molecule has 0 aliphatic carbocycles. The summed E-state index contributed by atoms with van der Waals surface area (Å²) in [5.74, 6) is 0.389. The van der Waals surface area contributed by atoms with E-state index in [1.54, 1.807) is 19.1 Å². The van der Waals surface area contributed by atoms with Crippen molar-refractivity contribution in [3.05, 3.63) is 40.8 Å². The number of hydrogen-bond acceptors (Lipinski definition) is 4. The van der Waals surface area contributed by atoms with E-state index in [1.165, 1.54) is 6.07 Å². The van der Waals surface area contributed by atoms with Gasteiger partial charge in [0.25, 0.3) is 0 Å². The summed E-state index contributed by atoms with van der Waals surface area (Å²) < 4.78 is 18.6. The van der Waals surface area contributed by atoms with E-state index in [9.17, 15) is 4.39 Å². The summed E-state index contributed by atoms with van der Waals surface area (Å²) in [7, 11) is 0. The van der Waals surface area contributed by atoms with Crippen molar-refractivity contribution >= 4 is 17.3 Å². The SMILES string of the molecule is Cc1nnc(CNc2cccc(Cl)c2F)o1. The second-order valence-corrected chi connectivity index (χ2v) is 3.58. The van der Waals surface area contributed by atoms with E-state index in [0.717, 1.165) is 0 Å². The molecule has 0 aliphatic heterocycles. The number of halogens is 2. The Morgan fingerprint density at radius 1 is 1.44 bits per heavy atom. The van der Waals surface area contributed by atoms with Gasteiger partial charge in [-0.25, -0.2) is 4.39 Å². The minimum Gasteiger partial charge on any atom is -0.424 e. The van der Waals surface area contributed by atoms with Crippen molar-refractivity contribution in [3.63, 3.8) is 0 Å². The van der Waals surface area contributed by atoms with Crippen LogP contribution in [0.4, 0.5) is 10.1 Å². The van der Waals surface area contributed by atoms with Crippen LogP contribution >= 0.6 is 11.6 Å². The Balaban J connectivity index is 2.07. The Kier molecular flexibility index (Phi) is 3.05. The summed E-state index contributed by atoms with van der Waals surface area (Å²) >= 11 is 5.63. The van der Waals surface area contributed by atoms with Crippen molar-refractivity contribution in [2.75, 3.05) is 5.32 Å². The Hall–Kier alpha value is -1.62. The van der Waals surface area contributed by atoms with E-state index in [-0.39, 0.29) is 11.6 Å². The highest BCUT2D eigenvalue weighted by Crippen LogP contribution is 2.22. The molecule has 0 saturated carbocycles. The number of nitrogens with one attached hydrogen (secondary N) is 1. The molecule has 0 radical (unpaired) electrons. The van der Waals surface area contributed by atoms with Crippen LogP contribution in [0.25, 0.3) is 0 Å². The van der Waals surface area contributed by atoms with Gasteiger partial charge < -0.3 is 9.73 Å². The fourth-order valence-corrected chi connectivity index (χ4v) is 1.39.